The Morgan fingerprint density at radius 3 is 2.72 bits per heavy atom. The number of hydrogen-bond donors (Lipinski definition) is 1. The van der Waals surface area contributed by atoms with Gasteiger partial charge in [0.15, 0.2) is 0 Å². The van der Waals surface area contributed by atoms with Crippen molar-refractivity contribution in [2.45, 2.75) is 58.7 Å². The molecule has 0 bridgehead atoms. The van der Waals surface area contributed by atoms with Gasteiger partial charge in [-0.2, -0.15) is 5.10 Å². The van der Waals surface area contributed by atoms with Crippen molar-refractivity contribution in [3.63, 3.8) is 0 Å². The van der Waals surface area contributed by atoms with E-state index in [1.54, 1.807) is 0 Å². The second kappa shape index (κ2) is 5.41. The minimum atomic E-state index is -0.202. The highest BCUT2D eigenvalue weighted by Gasteiger charge is 2.27. The number of nitrogens with zero attached hydrogens (tertiary/aromatic N) is 3. The van der Waals surface area contributed by atoms with Gasteiger partial charge in [-0.25, -0.2) is 0 Å². The molecule has 0 amide bonds. The van der Waals surface area contributed by atoms with E-state index in [0.717, 1.165) is 25.2 Å². The second-order valence-electron chi connectivity index (χ2n) is 5.62. The smallest absolute Gasteiger partial charge is 0.0641 e. The van der Waals surface area contributed by atoms with E-state index in [4.69, 9.17) is 0 Å². The van der Waals surface area contributed by atoms with Gasteiger partial charge in [0.2, 0.25) is 0 Å². The Hall–Kier alpha value is -0.870. The van der Waals surface area contributed by atoms with Crippen LogP contribution in [0.5, 0.6) is 0 Å². The van der Waals surface area contributed by atoms with Crippen LogP contribution in [0.3, 0.4) is 0 Å². The van der Waals surface area contributed by atoms with Crippen LogP contribution in [-0.2, 0) is 13.6 Å². The Morgan fingerprint density at radius 2 is 2.17 bits per heavy atom. The molecular weight excluding hydrogens is 226 g/mol. The molecule has 1 saturated heterocycles. The van der Waals surface area contributed by atoms with Crippen LogP contribution in [0, 0.1) is 13.8 Å². The maximum atomic E-state index is 9.57. The molecule has 18 heavy (non-hydrogen) atoms. The minimum Gasteiger partial charge on any atom is -0.393 e. The molecule has 1 aromatic heterocycles. The Balaban J connectivity index is 2.08. The van der Waals surface area contributed by atoms with Gasteiger partial charge >= 0.3 is 0 Å². The van der Waals surface area contributed by atoms with E-state index < -0.39 is 0 Å². The zero-order chi connectivity index (χ0) is 13.3. The molecule has 4 heteroatoms. The van der Waals surface area contributed by atoms with Gasteiger partial charge in [0.1, 0.15) is 0 Å². The van der Waals surface area contributed by atoms with Crippen LogP contribution >= 0.6 is 0 Å². The molecule has 1 aliphatic rings. The van der Waals surface area contributed by atoms with Crippen LogP contribution in [0.25, 0.3) is 0 Å². The van der Waals surface area contributed by atoms with Crippen molar-refractivity contribution in [1.82, 2.24) is 14.7 Å². The highest BCUT2D eigenvalue weighted by atomic mass is 16.3. The fourth-order valence-electron chi connectivity index (χ4n) is 3.01. The summed E-state index contributed by atoms with van der Waals surface area (Å²) in [4.78, 5) is 2.50. The summed E-state index contributed by atoms with van der Waals surface area (Å²) in [6.45, 7) is 8.22. The molecule has 0 aliphatic carbocycles. The first-order valence-corrected chi connectivity index (χ1v) is 6.90. The number of aromatic nitrogens is 2. The summed E-state index contributed by atoms with van der Waals surface area (Å²) in [6.07, 6.45) is 3.14. The number of aliphatic hydroxyl groups is 1. The molecule has 102 valence electrons. The van der Waals surface area contributed by atoms with Crippen molar-refractivity contribution in [2.75, 3.05) is 6.54 Å². The molecule has 2 heterocycles. The fourth-order valence-corrected chi connectivity index (χ4v) is 3.01. The van der Waals surface area contributed by atoms with Gasteiger partial charge in [0, 0.05) is 30.9 Å². The highest BCUT2D eigenvalue weighted by Crippen LogP contribution is 2.25. The minimum absolute atomic E-state index is 0.202. The first-order valence-electron chi connectivity index (χ1n) is 6.90. The summed E-state index contributed by atoms with van der Waals surface area (Å²) in [5, 5.41) is 14.0. The average Bonchev–Trinajstić information content (AvgIpc) is 2.79. The Morgan fingerprint density at radius 1 is 1.44 bits per heavy atom. The van der Waals surface area contributed by atoms with E-state index in [1.165, 1.54) is 24.1 Å². The first kappa shape index (κ1) is 13.6. The lowest BCUT2D eigenvalue weighted by atomic mass is 10.1. The van der Waals surface area contributed by atoms with Crippen molar-refractivity contribution >= 4 is 0 Å². The lowest BCUT2D eigenvalue weighted by molar-refractivity contribution is 0.130. The number of hydrogen-bond acceptors (Lipinski definition) is 3. The molecule has 0 saturated carbocycles. The van der Waals surface area contributed by atoms with Gasteiger partial charge in [-0.1, -0.05) is 0 Å². The highest BCUT2D eigenvalue weighted by molar-refractivity contribution is 5.24. The standard InChI is InChI=1S/C14H25N3O/c1-10(18)8-13-6-5-7-17(13)9-14-11(2)15-16(4)12(14)3/h10,13,18H,5-9H2,1-4H3. The van der Waals surface area contributed by atoms with Crippen molar-refractivity contribution in [2.24, 2.45) is 7.05 Å². The summed E-state index contributed by atoms with van der Waals surface area (Å²) >= 11 is 0. The third-order valence-corrected chi connectivity index (χ3v) is 4.13. The average molecular weight is 251 g/mol. The molecule has 4 nitrogen and oxygen atoms in total. The molecule has 1 fully saturated rings. The van der Waals surface area contributed by atoms with Crippen LogP contribution in [0.2, 0.25) is 0 Å². The maximum Gasteiger partial charge on any atom is 0.0641 e. The monoisotopic (exact) mass is 251 g/mol. The molecule has 0 radical (unpaired) electrons. The summed E-state index contributed by atoms with van der Waals surface area (Å²) in [5.74, 6) is 0. The molecule has 2 unspecified atom stereocenters. The maximum absolute atomic E-state index is 9.57. The van der Waals surface area contributed by atoms with E-state index in [2.05, 4.69) is 23.8 Å². The van der Waals surface area contributed by atoms with E-state index in [9.17, 15) is 5.11 Å². The van der Waals surface area contributed by atoms with Gasteiger partial charge < -0.3 is 5.11 Å². The lowest BCUT2D eigenvalue weighted by Gasteiger charge is -2.25. The van der Waals surface area contributed by atoms with Gasteiger partial charge in [-0.15, -0.1) is 0 Å². The number of aryl methyl sites for hydroxylation is 2. The Bertz CT molecular complexity index is 411. The zero-order valence-electron chi connectivity index (χ0n) is 12.0. The Kier molecular flexibility index (Phi) is 4.07. The molecular formula is C14H25N3O. The largest absolute Gasteiger partial charge is 0.393 e. The van der Waals surface area contributed by atoms with Crippen LogP contribution in [-0.4, -0.2) is 38.5 Å². The number of aliphatic hydroxyl groups excluding tert-OH is 1. The first-order chi connectivity index (χ1) is 8.49. The number of rotatable bonds is 4. The van der Waals surface area contributed by atoms with Crippen molar-refractivity contribution in [1.29, 1.82) is 0 Å². The molecule has 0 spiro atoms. The molecule has 2 rings (SSSR count). The predicted molar refractivity (Wildman–Crippen MR) is 72.4 cm³/mol. The van der Waals surface area contributed by atoms with Crippen LogP contribution in [0.1, 0.15) is 43.1 Å². The third kappa shape index (κ3) is 2.75. The van der Waals surface area contributed by atoms with Gasteiger partial charge in [-0.05, 0) is 46.6 Å². The van der Waals surface area contributed by atoms with Gasteiger partial charge in [0.25, 0.3) is 0 Å². The summed E-state index contributed by atoms with van der Waals surface area (Å²) < 4.78 is 1.96. The zero-order valence-corrected chi connectivity index (χ0v) is 12.0. The fraction of sp³-hybridized carbons (Fsp3) is 0.786. The van der Waals surface area contributed by atoms with E-state index in [1.807, 2.05) is 18.7 Å². The molecule has 1 aliphatic heterocycles. The third-order valence-electron chi connectivity index (χ3n) is 4.13. The van der Waals surface area contributed by atoms with Gasteiger partial charge in [0.05, 0.1) is 11.8 Å². The lowest BCUT2D eigenvalue weighted by Crippen LogP contribution is -2.31. The molecule has 0 aromatic carbocycles. The molecule has 1 aromatic rings. The Labute approximate surface area is 110 Å². The van der Waals surface area contributed by atoms with E-state index >= 15 is 0 Å². The SMILES string of the molecule is Cc1nn(C)c(C)c1CN1CCCC1CC(C)O. The van der Waals surface area contributed by atoms with Crippen molar-refractivity contribution in [3.8, 4) is 0 Å². The molecule has 2 atom stereocenters. The second-order valence-corrected chi connectivity index (χ2v) is 5.62. The van der Waals surface area contributed by atoms with Crippen molar-refractivity contribution in [3.05, 3.63) is 17.0 Å². The van der Waals surface area contributed by atoms with Crippen LogP contribution in [0.15, 0.2) is 0 Å². The number of likely N-dealkylation sites (tertiary alicyclic amines) is 1. The quantitative estimate of drug-likeness (QED) is 0.886. The summed E-state index contributed by atoms with van der Waals surface area (Å²) in [5.41, 5.74) is 3.75. The normalized spacial score (nSPS) is 22.6. The summed E-state index contributed by atoms with van der Waals surface area (Å²) in [7, 11) is 2.00. The summed E-state index contributed by atoms with van der Waals surface area (Å²) in [6, 6.07) is 0.531. The predicted octanol–water partition coefficient (Wildman–Crippen LogP) is 1.77. The van der Waals surface area contributed by atoms with E-state index in [0.29, 0.717) is 6.04 Å². The molecule has 1 N–H and O–H groups in total. The van der Waals surface area contributed by atoms with Crippen molar-refractivity contribution < 1.29 is 5.11 Å². The van der Waals surface area contributed by atoms with E-state index in [-0.39, 0.29) is 6.10 Å². The van der Waals surface area contributed by atoms with Crippen LogP contribution in [0.4, 0.5) is 0 Å². The topological polar surface area (TPSA) is 41.3 Å². The van der Waals surface area contributed by atoms with Gasteiger partial charge in [-0.3, -0.25) is 9.58 Å². The van der Waals surface area contributed by atoms with Crippen LogP contribution < -0.4 is 0 Å².